The predicted octanol–water partition coefficient (Wildman–Crippen LogP) is 1.57. The third-order valence-corrected chi connectivity index (χ3v) is 2.42. The monoisotopic (exact) mass is 204 g/mol. The van der Waals surface area contributed by atoms with E-state index in [2.05, 4.69) is 13.8 Å². The molecule has 0 aromatic heterocycles. The molecule has 0 amide bonds. The Balaban J connectivity index is 3.42. The van der Waals surface area contributed by atoms with E-state index < -0.39 is 6.10 Å². The molecule has 0 aromatic rings. The highest BCUT2D eigenvalue weighted by Crippen LogP contribution is 2.12. The second kappa shape index (κ2) is 9.44. The number of hydrogen-bond donors (Lipinski definition) is 2. The van der Waals surface area contributed by atoms with Crippen molar-refractivity contribution < 1.29 is 14.9 Å². The summed E-state index contributed by atoms with van der Waals surface area (Å²) in [6.07, 6.45) is 4.05. The van der Waals surface area contributed by atoms with Crippen molar-refractivity contribution in [2.45, 2.75) is 45.6 Å². The van der Waals surface area contributed by atoms with Crippen LogP contribution in [0.4, 0.5) is 0 Å². The molecule has 0 aliphatic heterocycles. The van der Waals surface area contributed by atoms with Crippen LogP contribution in [0.25, 0.3) is 0 Å². The van der Waals surface area contributed by atoms with Crippen molar-refractivity contribution in [3.63, 3.8) is 0 Å². The molecule has 1 unspecified atom stereocenters. The van der Waals surface area contributed by atoms with E-state index >= 15 is 0 Å². The number of hydrogen-bond acceptors (Lipinski definition) is 3. The molecule has 0 saturated heterocycles. The lowest BCUT2D eigenvalue weighted by Gasteiger charge is -2.15. The highest BCUT2D eigenvalue weighted by molar-refractivity contribution is 4.57. The quantitative estimate of drug-likeness (QED) is 0.599. The first-order valence-electron chi connectivity index (χ1n) is 5.61. The highest BCUT2D eigenvalue weighted by Gasteiger charge is 2.07. The molecule has 0 spiro atoms. The van der Waals surface area contributed by atoms with E-state index in [-0.39, 0.29) is 13.2 Å². The number of aliphatic hydroxyl groups is 2. The van der Waals surface area contributed by atoms with Gasteiger partial charge >= 0.3 is 0 Å². The summed E-state index contributed by atoms with van der Waals surface area (Å²) in [5, 5.41) is 17.6. The topological polar surface area (TPSA) is 49.7 Å². The zero-order valence-corrected chi connectivity index (χ0v) is 9.41. The van der Waals surface area contributed by atoms with Crippen LogP contribution in [0.5, 0.6) is 0 Å². The predicted molar refractivity (Wildman–Crippen MR) is 57.2 cm³/mol. The van der Waals surface area contributed by atoms with Crippen molar-refractivity contribution in [3.05, 3.63) is 0 Å². The van der Waals surface area contributed by atoms with Crippen LogP contribution >= 0.6 is 0 Å². The standard InChI is InChI=1S/C11H24O3/c1-3-5-6-10(4-2)8-14-9-11(13)7-12/h10-13H,3-9H2,1-2H3/t10?,11-/m0/s1. The third-order valence-electron chi connectivity index (χ3n) is 2.42. The van der Waals surface area contributed by atoms with Crippen molar-refractivity contribution in [3.8, 4) is 0 Å². The Morgan fingerprint density at radius 3 is 2.43 bits per heavy atom. The van der Waals surface area contributed by atoms with E-state index in [1.54, 1.807) is 0 Å². The average Bonchev–Trinajstić information content (AvgIpc) is 2.22. The van der Waals surface area contributed by atoms with Crippen LogP contribution in [0.15, 0.2) is 0 Å². The summed E-state index contributed by atoms with van der Waals surface area (Å²) in [4.78, 5) is 0. The Morgan fingerprint density at radius 2 is 1.93 bits per heavy atom. The molecule has 0 fully saturated rings. The zero-order valence-electron chi connectivity index (χ0n) is 9.41. The van der Waals surface area contributed by atoms with E-state index in [1.807, 2.05) is 0 Å². The summed E-state index contributed by atoms with van der Waals surface area (Å²) in [6, 6.07) is 0. The van der Waals surface area contributed by atoms with E-state index in [1.165, 1.54) is 19.3 Å². The molecule has 0 radical (unpaired) electrons. The summed E-state index contributed by atoms with van der Waals surface area (Å²) >= 11 is 0. The SMILES string of the molecule is CCCCC(CC)COC[C@@H](O)CO. The van der Waals surface area contributed by atoms with Gasteiger partial charge in [-0.2, -0.15) is 0 Å². The Labute approximate surface area is 87.1 Å². The Bertz CT molecular complexity index is 117. The van der Waals surface area contributed by atoms with Crippen LogP contribution in [-0.4, -0.2) is 36.1 Å². The van der Waals surface area contributed by atoms with Gasteiger partial charge in [-0.3, -0.25) is 0 Å². The van der Waals surface area contributed by atoms with Crippen molar-refractivity contribution in [2.75, 3.05) is 19.8 Å². The van der Waals surface area contributed by atoms with E-state index in [4.69, 9.17) is 14.9 Å². The lowest BCUT2D eigenvalue weighted by Crippen LogP contribution is -2.21. The van der Waals surface area contributed by atoms with Gasteiger partial charge < -0.3 is 14.9 Å². The number of rotatable bonds is 9. The van der Waals surface area contributed by atoms with Gasteiger partial charge in [0.25, 0.3) is 0 Å². The minimum absolute atomic E-state index is 0.217. The van der Waals surface area contributed by atoms with Gasteiger partial charge in [-0.1, -0.05) is 33.1 Å². The molecular weight excluding hydrogens is 180 g/mol. The van der Waals surface area contributed by atoms with Crippen LogP contribution < -0.4 is 0 Å². The van der Waals surface area contributed by atoms with Crippen LogP contribution in [0, 0.1) is 5.92 Å². The van der Waals surface area contributed by atoms with Gasteiger partial charge in [-0.25, -0.2) is 0 Å². The van der Waals surface area contributed by atoms with Crippen molar-refractivity contribution in [1.82, 2.24) is 0 Å². The number of unbranched alkanes of at least 4 members (excludes halogenated alkanes) is 1. The summed E-state index contributed by atoms with van der Waals surface area (Å²) < 4.78 is 5.33. The van der Waals surface area contributed by atoms with Crippen molar-refractivity contribution in [2.24, 2.45) is 5.92 Å². The molecule has 0 bridgehead atoms. The number of aliphatic hydroxyl groups excluding tert-OH is 2. The summed E-state index contributed by atoms with van der Waals surface area (Å²) in [5.41, 5.74) is 0. The summed E-state index contributed by atoms with van der Waals surface area (Å²) in [5.74, 6) is 0.598. The largest absolute Gasteiger partial charge is 0.394 e. The molecule has 0 aromatic carbocycles. The van der Waals surface area contributed by atoms with Gasteiger partial charge in [-0.05, 0) is 12.3 Å². The highest BCUT2D eigenvalue weighted by atomic mass is 16.5. The lowest BCUT2D eigenvalue weighted by molar-refractivity contribution is -0.00599. The molecule has 3 heteroatoms. The molecule has 14 heavy (non-hydrogen) atoms. The van der Waals surface area contributed by atoms with Gasteiger partial charge in [0.1, 0.15) is 6.10 Å². The van der Waals surface area contributed by atoms with Gasteiger partial charge in [0.2, 0.25) is 0 Å². The molecule has 0 saturated carbocycles. The van der Waals surface area contributed by atoms with Gasteiger partial charge in [0.15, 0.2) is 0 Å². The number of ether oxygens (including phenoxy) is 1. The average molecular weight is 204 g/mol. The fraction of sp³-hybridized carbons (Fsp3) is 1.00. The van der Waals surface area contributed by atoms with Crippen LogP contribution in [-0.2, 0) is 4.74 Å². The molecule has 0 heterocycles. The Hall–Kier alpha value is -0.120. The van der Waals surface area contributed by atoms with Crippen LogP contribution in [0.1, 0.15) is 39.5 Å². The van der Waals surface area contributed by atoms with Crippen molar-refractivity contribution >= 4 is 0 Å². The fourth-order valence-corrected chi connectivity index (χ4v) is 1.32. The molecule has 3 nitrogen and oxygen atoms in total. The molecular formula is C11H24O3. The second-order valence-electron chi connectivity index (χ2n) is 3.79. The minimum atomic E-state index is -0.723. The van der Waals surface area contributed by atoms with E-state index in [0.29, 0.717) is 12.5 Å². The Kier molecular flexibility index (Phi) is 9.35. The maximum Gasteiger partial charge on any atom is 0.100 e. The van der Waals surface area contributed by atoms with Gasteiger partial charge in [0.05, 0.1) is 13.2 Å². The summed E-state index contributed by atoms with van der Waals surface area (Å²) in [6.45, 7) is 5.08. The fourth-order valence-electron chi connectivity index (χ4n) is 1.32. The molecule has 0 aliphatic rings. The first-order valence-corrected chi connectivity index (χ1v) is 5.61. The third kappa shape index (κ3) is 7.30. The van der Waals surface area contributed by atoms with Crippen LogP contribution in [0.2, 0.25) is 0 Å². The Morgan fingerprint density at radius 1 is 1.21 bits per heavy atom. The lowest BCUT2D eigenvalue weighted by atomic mass is 10.0. The first kappa shape index (κ1) is 13.9. The second-order valence-corrected chi connectivity index (χ2v) is 3.79. The molecule has 0 rings (SSSR count). The molecule has 86 valence electrons. The maximum absolute atomic E-state index is 9.04. The molecule has 2 N–H and O–H groups in total. The maximum atomic E-state index is 9.04. The van der Waals surface area contributed by atoms with Crippen molar-refractivity contribution in [1.29, 1.82) is 0 Å². The first-order chi connectivity index (χ1) is 6.74. The van der Waals surface area contributed by atoms with E-state index in [9.17, 15) is 0 Å². The summed E-state index contributed by atoms with van der Waals surface area (Å²) in [7, 11) is 0. The van der Waals surface area contributed by atoms with Crippen LogP contribution in [0.3, 0.4) is 0 Å². The molecule has 0 aliphatic carbocycles. The smallest absolute Gasteiger partial charge is 0.100 e. The van der Waals surface area contributed by atoms with E-state index in [0.717, 1.165) is 6.42 Å². The zero-order chi connectivity index (χ0) is 10.8. The molecule has 2 atom stereocenters. The van der Waals surface area contributed by atoms with Gasteiger partial charge in [0, 0.05) is 6.61 Å². The van der Waals surface area contributed by atoms with Gasteiger partial charge in [-0.15, -0.1) is 0 Å². The normalized spacial score (nSPS) is 15.4. The minimum Gasteiger partial charge on any atom is -0.394 e.